The molecular weight excluding hydrogens is 150 g/mol. The molecule has 0 amide bonds. The zero-order valence-electron chi connectivity index (χ0n) is 7.42. The Morgan fingerprint density at radius 3 is 2.25 bits per heavy atom. The third-order valence-electron chi connectivity index (χ3n) is 1.85. The normalized spacial score (nSPS) is 10.2. The van der Waals surface area contributed by atoms with Gasteiger partial charge in [0.1, 0.15) is 0 Å². The van der Waals surface area contributed by atoms with E-state index in [4.69, 9.17) is 10.5 Å². The molecule has 0 aromatic heterocycles. The maximum atomic E-state index is 5.48. The summed E-state index contributed by atoms with van der Waals surface area (Å²) in [6.07, 6.45) is 0.974. The van der Waals surface area contributed by atoms with Gasteiger partial charge in [-0.25, -0.2) is 0 Å². The number of benzene rings is 1. The zero-order valence-corrected chi connectivity index (χ0v) is 7.42. The Kier molecular flexibility index (Phi) is 3.77. The van der Waals surface area contributed by atoms with Crippen LogP contribution in [0.5, 0.6) is 0 Å². The molecule has 0 unspecified atom stereocenters. The standard InChI is InChI=1S/C10H15NO/c1-12-7-6-9-2-4-10(8-11)5-3-9/h2-5H,6-8,11H2,1H3. The van der Waals surface area contributed by atoms with Crippen LogP contribution in [0, 0.1) is 0 Å². The largest absolute Gasteiger partial charge is 0.384 e. The van der Waals surface area contributed by atoms with Crippen molar-refractivity contribution in [2.75, 3.05) is 13.7 Å². The van der Waals surface area contributed by atoms with Gasteiger partial charge in [0.25, 0.3) is 0 Å². The van der Waals surface area contributed by atoms with Gasteiger partial charge in [-0.2, -0.15) is 0 Å². The van der Waals surface area contributed by atoms with Crippen molar-refractivity contribution in [3.05, 3.63) is 35.4 Å². The van der Waals surface area contributed by atoms with Crippen molar-refractivity contribution in [2.24, 2.45) is 5.73 Å². The Bertz CT molecular complexity index is 218. The van der Waals surface area contributed by atoms with Crippen LogP contribution in [0.2, 0.25) is 0 Å². The number of hydrogen-bond donors (Lipinski definition) is 1. The first-order valence-electron chi connectivity index (χ1n) is 4.13. The monoisotopic (exact) mass is 165 g/mol. The maximum absolute atomic E-state index is 5.48. The molecule has 0 bridgehead atoms. The summed E-state index contributed by atoms with van der Waals surface area (Å²) in [5, 5.41) is 0. The highest BCUT2D eigenvalue weighted by atomic mass is 16.5. The molecular formula is C10H15NO. The highest BCUT2D eigenvalue weighted by Gasteiger charge is 1.92. The molecule has 1 aromatic rings. The molecule has 2 N–H and O–H groups in total. The lowest BCUT2D eigenvalue weighted by Gasteiger charge is -2.01. The van der Waals surface area contributed by atoms with E-state index in [9.17, 15) is 0 Å². The number of hydrogen-bond acceptors (Lipinski definition) is 2. The zero-order chi connectivity index (χ0) is 8.81. The minimum atomic E-state index is 0.616. The molecule has 0 aliphatic rings. The molecule has 0 atom stereocenters. The third kappa shape index (κ3) is 2.64. The van der Waals surface area contributed by atoms with Crippen LogP contribution in [0.15, 0.2) is 24.3 Å². The summed E-state index contributed by atoms with van der Waals surface area (Å²) in [4.78, 5) is 0. The molecule has 0 saturated carbocycles. The van der Waals surface area contributed by atoms with Gasteiger partial charge < -0.3 is 10.5 Å². The number of nitrogens with two attached hydrogens (primary N) is 1. The van der Waals surface area contributed by atoms with Crippen molar-refractivity contribution in [2.45, 2.75) is 13.0 Å². The molecule has 1 aromatic carbocycles. The molecule has 2 nitrogen and oxygen atoms in total. The van der Waals surface area contributed by atoms with E-state index < -0.39 is 0 Å². The van der Waals surface area contributed by atoms with E-state index in [1.807, 2.05) is 0 Å². The van der Waals surface area contributed by atoms with E-state index in [0.717, 1.165) is 13.0 Å². The van der Waals surface area contributed by atoms with E-state index in [1.165, 1.54) is 11.1 Å². The molecule has 0 fully saturated rings. The fourth-order valence-corrected chi connectivity index (χ4v) is 1.06. The van der Waals surface area contributed by atoms with Crippen molar-refractivity contribution < 1.29 is 4.74 Å². The molecule has 0 saturated heterocycles. The van der Waals surface area contributed by atoms with Gasteiger partial charge in [-0.05, 0) is 17.5 Å². The van der Waals surface area contributed by atoms with Crippen LogP contribution >= 0.6 is 0 Å². The van der Waals surface area contributed by atoms with Crippen LogP contribution in [0.25, 0.3) is 0 Å². The van der Waals surface area contributed by atoms with Crippen molar-refractivity contribution >= 4 is 0 Å². The van der Waals surface area contributed by atoms with E-state index in [2.05, 4.69) is 24.3 Å². The Hall–Kier alpha value is -0.860. The second-order valence-corrected chi connectivity index (χ2v) is 2.76. The van der Waals surface area contributed by atoms with Crippen molar-refractivity contribution in [1.29, 1.82) is 0 Å². The first-order valence-corrected chi connectivity index (χ1v) is 4.13. The smallest absolute Gasteiger partial charge is 0.0502 e. The Labute approximate surface area is 73.3 Å². The average molecular weight is 165 g/mol. The topological polar surface area (TPSA) is 35.2 Å². The Morgan fingerprint density at radius 1 is 1.17 bits per heavy atom. The third-order valence-corrected chi connectivity index (χ3v) is 1.85. The van der Waals surface area contributed by atoms with Gasteiger partial charge >= 0.3 is 0 Å². The first-order chi connectivity index (χ1) is 5.86. The van der Waals surface area contributed by atoms with Crippen LogP contribution in [-0.2, 0) is 17.7 Å². The molecule has 1 rings (SSSR count). The minimum absolute atomic E-state index is 0.616. The molecule has 0 aliphatic carbocycles. The summed E-state index contributed by atoms with van der Waals surface area (Å²) in [6.45, 7) is 1.40. The van der Waals surface area contributed by atoms with Crippen LogP contribution < -0.4 is 5.73 Å². The fourth-order valence-electron chi connectivity index (χ4n) is 1.06. The summed E-state index contributed by atoms with van der Waals surface area (Å²) in [6, 6.07) is 8.32. The number of ether oxygens (including phenoxy) is 1. The van der Waals surface area contributed by atoms with E-state index in [1.54, 1.807) is 7.11 Å². The van der Waals surface area contributed by atoms with E-state index in [0.29, 0.717) is 6.54 Å². The number of methoxy groups -OCH3 is 1. The predicted molar refractivity (Wildman–Crippen MR) is 49.9 cm³/mol. The summed E-state index contributed by atoms with van der Waals surface area (Å²) in [5.74, 6) is 0. The lowest BCUT2D eigenvalue weighted by Crippen LogP contribution is -1.97. The second kappa shape index (κ2) is 4.91. The van der Waals surface area contributed by atoms with Crippen molar-refractivity contribution in [3.8, 4) is 0 Å². The second-order valence-electron chi connectivity index (χ2n) is 2.76. The molecule has 0 heterocycles. The molecule has 0 spiro atoms. The van der Waals surface area contributed by atoms with E-state index >= 15 is 0 Å². The lowest BCUT2D eigenvalue weighted by atomic mass is 10.1. The van der Waals surface area contributed by atoms with E-state index in [-0.39, 0.29) is 0 Å². The van der Waals surface area contributed by atoms with Crippen LogP contribution in [0.1, 0.15) is 11.1 Å². The van der Waals surface area contributed by atoms with Crippen molar-refractivity contribution in [3.63, 3.8) is 0 Å². The highest BCUT2D eigenvalue weighted by molar-refractivity contribution is 5.22. The van der Waals surface area contributed by atoms with Gasteiger partial charge in [-0.15, -0.1) is 0 Å². The summed E-state index contributed by atoms with van der Waals surface area (Å²) < 4.78 is 4.98. The Balaban J connectivity index is 2.53. The van der Waals surface area contributed by atoms with Gasteiger partial charge in [-0.1, -0.05) is 24.3 Å². The maximum Gasteiger partial charge on any atom is 0.0502 e. The summed E-state index contributed by atoms with van der Waals surface area (Å²) >= 11 is 0. The van der Waals surface area contributed by atoms with Crippen LogP contribution in [0.3, 0.4) is 0 Å². The minimum Gasteiger partial charge on any atom is -0.384 e. The fraction of sp³-hybridized carbons (Fsp3) is 0.400. The predicted octanol–water partition coefficient (Wildman–Crippen LogP) is 1.33. The van der Waals surface area contributed by atoms with Crippen molar-refractivity contribution in [1.82, 2.24) is 0 Å². The molecule has 0 aliphatic heterocycles. The van der Waals surface area contributed by atoms with Gasteiger partial charge in [0.2, 0.25) is 0 Å². The van der Waals surface area contributed by atoms with Gasteiger partial charge in [0.15, 0.2) is 0 Å². The average Bonchev–Trinajstić information content (AvgIpc) is 2.15. The van der Waals surface area contributed by atoms with Crippen LogP contribution in [-0.4, -0.2) is 13.7 Å². The number of rotatable bonds is 4. The van der Waals surface area contributed by atoms with Crippen LogP contribution in [0.4, 0.5) is 0 Å². The first kappa shape index (κ1) is 9.23. The SMILES string of the molecule is COCCc1ccc(CN)cc1. The van der Waals surface area contributed by atoms with Gasteiger partial charge in [-0.3, -0.25) is 0 Å². The quantitative estimate of drug-likeness (QED) is 0.730. The molecule has 66 valence electrons. The molecule has 0 radical (unpaired) electrons. The van der Waals surface area contributed by atoms with Gasteiger partial charge in [0, 0.05) is 13.7 Å². The summed E-state index contributed by atoms with van der Waals surface area (Å²) in [5.41, 5.74) is 7.95. The highest BCUT2D eigenvalue weighted by Crippen LogP contribution is 2.04. The molecule has 12 heavy (non-hydrogen) atoms. The summed E-state index contributed by atoms with van der Waals surface area (Å²) in [7, 11) is 1.72. The molecule has 2 heteroatoms. The lowest BCUT2D eigenvalue weighted by molar-refractivity contribution is 0.202. The van der Waals surface area contributed by atoms with Gasteiger partial charge in [0.05, 0.1) is 6.61 Å². The Morgan fingerprint density at radius 2 is 1.75 bits per heavy atom.